The number of hydrogen-bond donors (Lipinski definition) is 1. The second-order valence-electron chi connectivity index (χ2n) is 7.45. The van der Waals surface area contributed by atoms with Gasteiger partial charge in [0.05, 0.1) is 26.0 Å². The van der Waals surface area contributed by atoms with Crippen LogP contribution in [0.3, 0.4) is 0 Å². The Kier molecular flexibility index (Phi) is 9.00. The third-order valence-electron chi connectivity index (χ3n) is 5.27. The molecular formula is C25H27N3O6. The van der Waals surface area contributed by atoms with E-state index in [1.807, 2.05) is 0 Å². The zero-order valence-corrected chi connectivity index (χ0v) is 19.2. The molecule has 1 aliphatic rings. The topological polar surface area (TPSA) is 107 Å². The summed E-state index contributed by atoms with van der Waals surface area (Å²) >= 11 is 0. The molecule has 1 unspecified atom stereocenters. The third kappa shape index (κ3) is 6.56. The monoisotopic (exact) mass is 465 g/mol. The van der Waals surface area contributed by atoms with Crippen molar-refractivity contribution in [3.63, 3.8) is 0 Å². The lowest BCUT2D eigenvalue weighted by atomic mass is 10.1. The van der Waals surface area contributed by atoms with Gasteiger partial charge in [0.2, 0.25) is 5.91 Å². The van der Waals surface area contributed by atoms with Crippen LogP contribution in [0.5, 0.6) is 11.5 Å². The van der Waals surface area contributed by atoms with E-state index >= 15 is 0 Å². The van der Waals surface area contributed by atoms with Gasteiger partial charge in [-0.15, -0.1) is 0 Å². The average Bonchev–Trinajstić information content (AvgIpc) is 3.19. The fourth-order valence-corrected chi connectivity index (χ4v) is 3.42. The molecule has 2 amide bonds. The summed E-state index contributed by atoms with van der Waals surface area (Å²) in [5.74, 6) is 6.69. The number of ether oxygens (including phenoxy) is 3. The van der Waals surface area contributed by atoms with Crippen molar-refractivity contribution in [3.05, 3.63) is 53.3 Å². The van der Waals surface area contributed by atoms with Gasteiger partial charge in [-0.2, -0.15) is 0 Å². The van der Waals surface area contributed by atoms with E-state index in [9.17, 15) is 14.4 Å². The highest BCUT2D eigenvalue weighted by Crippen LogP contribution is 2.28. The number of fused-ring (bicyclic) bond motifs is 1. The highest BCUT2D eigenvalue weighted by atomic mass is 16.5. The summed E-state index contributed by atoms with van der Waals surface area (Å²) in [5.41, 5.74) is 1.96. The van der Waals surface area contributed by atoms with E-state index in [1.54, 1.807) is 43.6 Å². The van der Waals surface area contributed by atoms with Gasteiger partial charge in [-0.3, -0.25) is 9.59 Å². The molecule has 2 heterocycles. The molecule has 0 radical (unpaired) electrons. The number of aromatic nitrogens is 1. The largest absolute Gasteiger partial charge is 0.495 e. The van der Waals surface area contributed by atoms with E-state index in [0.717, 1.165) is 11.8 Å². The summed E-state index contributed by atoms with van der Waals surface area (Å²) in [6.45, 7) is 1.21. The molecule has 0 fully saturated rings. The van der Waals surface area contributed by atoms with Crippen molar-refractivity contribution < 1.29 is 28.6 Å². The Morgan fingerprint density at radius 3 is 2.79 bits per heavy atom. The van der Waals surface area contributed by atoms with Gasteiger partial charge in [-0.1, -0.05) is 5.92 Å². The Hall–Kier alpha value is -3.90. The van der Waals surface area contributed by atoms with E-state index in [1.165, 1.54) is 11.9 Å². The molecule has 178 valence electrons. The van der Waals surface area contributed by atoms with Crippen LogP contribution in [0.2, 0.25) is 0 Å². The first-order valence-corrected chi connectivity index (χ1v) is 10.8. The highest BCUT2D eigenvalue weighted by Gasteiger charge is 2.32. The lowest BCUT2D eigenvalue weighted by Gasteiger charge is -2.22. The average molecular weight is 466 g/mol. The number of hydrogen-bond acceptors (Lipinski definition) is 7. The van der Waals surface area contributed by atoms with Crippen molar-refractivity contribution in [2.45, 2.75) is 25.4 Å². The van der Waals surface area contributed by atoms with Gasteiger partial charge in [-0.05, 0) is 48.2 Å². The number of nitrogens with zero attached hydrogens (tertiary/aromatic N) is 2. The first-order chi connectivity index (χ1) is 16.5. The number of methoxy groups -OCH3 is 1. The maximum atomic E-state index is 12.7. The number of pyridine rings is 1. The molecule has 9 heteroatoms. The molecule has 0 aliphatic carbocycles. The van der Waals surface area contributed by atoms with E-state index in [0.29, 0.717) is 42.5 Å². The minimum absolute atomic E-state index is 0.169. The van der Waals surface area contributed by atoms with Gasteiger partial charge in [-0.25, -0.2) is 4.98 Å². The Bertz CT molecular complexity index is 1070. The van der Waals surface area contributed by atoms with Crippen LogP contribution in [0.15, 0.2) is 36.5 Å². The van der Waals surface area contributed by atoms with Crippen LogP contribution in [0.25, 0.3) is 0 Å². The summed E-state index contributed by atoms with van der Waals surface area (Å²) in [7, 11) is 3.12. The van der Waals surface area contributed by atoms with Crippen LogP contribution in [0.1, 0.15) is 34.5 Å². The fraction of sp³-hybridized carbons (Fsp3) is 0.360. The maximum absolute atomic E-state index is 12.7. The van der Waals surface area contributed by atoms with Crippen LogP contribution in [0.4, 0.5) is 0 Å². The Labute approximate surface area is 198 Å². The number of carbonyl (C=O) groups excluding carboxylic acids is 3. The summed E-state index contributed by atoms with van der Waals surface area (Å²) in [5, 5.41) is 2.52. The van der Waals surface area contributed by atoms with Gasteiger partial charge < -0.3 is 29.2 Å². The Morgan fingerprint density at radius 2 is 2.09 bits per heavy atom. The number of nitrogens with one attached hydrogen (secondary N) is 1. The number of amides is 2. The third-order valence-corrected chi connectivity index (χ3v) is 5.27. The minimum atomic E-state index is -0.649. The number of carbonyl (C=O) groups is 3. The number of benzene rings is 1. The van der Waals surface area contributed by atoms with Gasteiger partial charge >= 0.3 is 0 Å². The van der Waals surface area contributed by atoms with Crippen LogP contribution >= 0.6 is 0 Å². The van der Waals surface area contributed by atoms with E-state index < -0.39 is 6.04 Å². The fourth-order valence-electron chi connectivity index (χ4n) is 3.42. The summed E-state index contributed by atoms with van der Waals surface area (Å²) < 4.78 is 16.2. The van der Waals surface area contributed by atoms with Crippen LogP contribution < -0.4 is 14.8 Å². The normalized spacial score (nSPS) is 12.9. The molecule has 9 nitrogen and oxygen atoms in total. The molecule has 0 bridgehead atoms. The second-order valence-corrected chi connectivity index (χ2v) is 7.45. The molecule has 1 aliphatic heterocycles. The summed E-state index contributed by atoms with van der Waals surface area (Å²) in [6.07, 6.45) is 2.78. The quantitative estimate of drug-likeness (QED) is 0.305. The predicted octanol–water partition coefficient (Wildman–Crippen LogP) is 1.59. The summed E-state index contributed by atoms with van der Waals surface area (Å²) in [6, 6.07) is 8.12. The van der Waals surface area contributed by atoms with Gasteiger partial charge in [0.25, 0.3) is 5.91 Å². The van der Waals surface area contributed by atoms with Crippen molar-refractivity contribution in [3.8, 4) is 23.3 Å². The molecular weight excluding hydrogens is 438 g/mol. The molecule has 3 rings (SSSR count). The lowest BCUT2D eigenvalue weighted by Crippen LogP contribution is -2.37. The van der Waals surface area contributed by atoms with Crippen LogP contribution in [0, 0.1) is 11.8 Å². The Balaban J connectivity index is 1.44. The minimum Gasteiger partial charge on any atom is -0.495 e. The molecule has 0 saturated carbocycles. The molecule has 1 N–H and O–H groups in total. The maximum Gasteiger partial charge on any atom is 0.255 e. The van der Waals surface area contributed by atoms with Crippen molar-refractivity contribution in [2.24, 2.45) is 0 Å². The molecule has 34 heavy (non-hydrogen) atoms. The van der Waals surface area contributed by atoms with Crippen LogP contribution in [-0.4, -0.2) is 68.0 Å². The first kappa shape index (κ1) is 24.7. The zero-order chi connectivity index (χ0) is 24.3. The van der Waals surface area contributed by atoms with Crippen molar-refractivity contribution in [1.82, 2.24) is 15.2 Å². The lowest BCUT2D eigenvalue weighted by molar-refractivity contribution is -0.121. The molecule has 0 spiro atoms. The number of rotatable bonds is 11. The van der Waals surface area contributed by atoms with Crippen molar-refractivity contribution in [2.75, 3.05) is 34.0 Å². The molecule has 1 aromatic carbocycles. The first-order valence-electron chi connectivity index (χ1n) is 10.8. The molecule has 1 atom stereocenters. The highest BCUT2D eigenvalue weighted by molar-refractivity contribution is 5.99. The molecule has 2 aromatic rings. The molecule has 0 saturated heterocycles. The summed E-state index contributed by atoms with van der Waals surface area (Å²) in [4.78, 5) is 41.4. The van der Waals surface area contributed by atoms with E-state index in [2.05, 4.69) is 22.1 Å². The zero-order valence-electron chi connectivity index (χ0n) is 19.2. The predicted molar refractivity (Wildman–Crippen MR) is 123 cm³/mol. The van der Waals surface area contributed by atoms with Gasteiger partial charge in [0.15, 0.2) is 0 Å². The number of aldehydes is 1. The van der Waals surface area contributed by atoms with Crippen molar-refractivity contribution >= 4 is 18.1 Å². The Morgan fingerprint density at radius 1 is 1.26 bits per heavy atom. The van der Waals surface area contributed by atoms with Crippen molar-refractivity contribution in [1.29, 1.82) is 0 Å². The van der Waals surface area contributed by atoms with E-state index in [4.69, 9.17) is 14.2 Å². The molecule has 1 aromatic heterocycles. The van der Waals surface area contributed by atoms with Crippen LogP contribution in [-0.2, 0) is 20.9 Å². The second kappa shape index (κ2) is 12.4. The standard InChI is InChI=1S/C25H27N3O6/c1-26-24(30)10-6-20(17-29)28-16-18-14-21(8-9-23(18)25(28)31)34-13-12-33-11-3-4-19-5-7-22(32-2)15-27-19/h5,7-9,14-15,17,20H,6,10-13,16H2,1-2H3,(H,26,30). The van der Waals surface area contributed by atoms with Gasteiger partial charge in [0, 0.05) is 25.6 Å². The van der Waals surface area contributed by atoms with Gasteiger partial charge in [0.1, 0.15) is 36.7 Å². The smallest absolute Gasteiger partial charge is 0.255 e. The SMILES string of the molecule is CNC(=O)CCC(C=O)N1Cc2cc(OCCOCC#Cc3ccc(OC)cn3)ccc2C1=O. The van der Waals surface area contributed by atoms with E-state index in [-0.39, 0.29) is 31.3 Å².